The lowest BCUT2D eigenvalue weighted by molar-refractivity contribution is -0.188. The number of fused-ring (bicyclic) bond motifs is 1. The number of carbonyl (C=O) groups excluding carboxylic acids is 1. The minimum absolute atomic E-state index is 0.00807. The van der Waals surface area contributed by atoms with Gasteiger partial charge in [0, 0.05) is 19.6 Å². The molecule has 3 fully saturated rings. The molecule has 25 heavy (non-hydrogen) atoms. The van der Waals surface area contributed by atoms with Crippen LogP contribution in [0.25, 0.3) is 0 Å². The van der Waals surface area contributed by atoms with Crippen LogP contribution in [-0.2, 0) is 14.3 Å². The van der Waals surface area contributed by atoms with Crippen molar-refractivity contribution in [3.8, 4) is 0 Å². The van der Waals surface area contributed by atoms with E-state index in [2.05, 4.69) is 0 Å². The SMILES string of the molecule is O=C(O)[C@@H]1CN(CC(=O)N2CCOC3CCCCC32)C[C@H]1C(F)(F)F. The number of alkyl halides is 3. The summed E-state index contributed by atoms with van der Waals surface area (Å²) in [6.45, 7) is 0.0304. The molecule has 2 heterocycles. The molecule has 3 aliphatic rings. The third-order valence-electron chi connectivity index (χ3n) is 5.54. The summed E-state index contributed by atoms with van der Waals surface area (Å²) in [7, 11) is 0. The van der Waals surface area contributed by atoms with Crippen LogP contribution in [0.4, 0.5) is 13.2 Å². The lowest BCUT2D eigenvalue weighted by atomic mass is 9.90. The van der Waals surface area contributed by atoms with E-state index in [1.807, 2.05) is 0 Å². The van der Waals surface area contributed by atoms with Crippen LogP contribution in [0.15, 0.2) is 0 Å². The fourth-order valence-corrected chi connectivity index (χ4v) is 4.28. The number of aliphatic carboxylic acids is 1. The maximum atomic E-state index is 13.1. The van der Waals surface area contributed by atoms with Crippen molar-refractivity contribution in [2.75, 3.05) is 32.8 Å². The Hall–Kier alpha value is -1.35. The molecule has 1 N–H and O–H groups in total. The predicted molar refractivity (Wildman–Crippen MR) is 80.8 cm³/mol. The van der Waals surface area contributed by atoms with Crippen molar-refractivity contribution < 1.29 is 32.6 Å². The van der Waals surface area contributed by atoms with E-state index >= 15 is 0 Å². The second kappa shape index (κ2) is 7.11. The van der Waals surface area contributed by atoms with E-state index in [0.717, 1.165) is 25.7 Å². The summed E-state index contributed by atoms with van der Waals surface area (Å²) >= 11 is 0. The quantitative estimate of drug-likeness (QED) is 0.819. The molecule has 1 aliphatic carbocycles. The molecule has 2 unspecified atom stereocenters. The second-order valence-corrected chi connectivity index (χ2v) is 7.14. The lowest BCUT2D eigenvalue weighted by Crippen LogP contribution is -2.56. The molecule has 0 spiro atoms. The highest BCUT2D eigenvalue weighted by Crippen LogP contribution is 2.38. The van der Waals surface area contributed by atoms with Crippen LogP contribution in [-0.4, -0.2) is 77.9 Å². The Morgan fingerprint density at radius 2 is 1.88 bits per heavy atom. The highest BCUT2D eigenvalue weighted by Gasteiger charge is 2.53. The summed E-state index contributed by atoms with van der Waals surface area (Å²) in [4.78, 5) is 26.8. The number of carboxylic acid groups (broad SMARTS) is 1. The van der Waals surface area contributed by atoms with Crippen LogP contribution in [0.2, 0.25) is 0 Å². The Kier molecular flexibility index (Phi) is 5.24. The van der Waals surface area contributed by atoms with Gasteiger partial charge in [-0.15, -0.1) is 0 Å². The van der Waals surface area contributed by atoms with Gasteiger partial charge in [-0.25, -0.2) is 0 Å². The summed E-state index contributed by atoms with van der Waals surface area (Å²) in [5.74, 6) is -5.13. The molecule has 1 saturated carbocycles. The number of halogens is 3. The number of morpholine rings is 1. The van der Waals surface area contributed by atoms with Gasteiger partial charge in [-0.05, 0) is 12.8 Å². The number of rotatable bonds is 3. The van der Waals surface area contributed by atoms with Gasteiger partial charge in [0.25, 0.3) is 0 Å². The van der Waals surface area contributed by atoms with Crippen molar-refractivity contribution in [3.05, 3.63) is 0 Å². The van der Waals surface area contributed by atoms with Crippen molar-refractivity contribution in [3.63, 3.8) is 0 Å². The van der Waals surface area contributed by atoms with Crippen LogP contribution in [0.3, 0.4) is 0 Å². The maximum Gasteiger partial charge on any atom is 0.393 e. The number of hydrogen-bond acceptors (Lipinski definition) is 4. The number of carbonyl (C=O) groups is 2. The zero-order chi connectivity index (χ0) is 18.2. The maximum absolute atomic E-state index is 13.1. The van der Waals surface area contributed by atoms with Gasteiger partial charge in [-0.3, -0.25) is 14.5 Å². The fourth-order valence-electron chi connectivity index (χ4n) is 4.28. The van der Waals surface area contributed by atoms with Crippen molar-refractivity contribution in [1.29, 1.82) is 0 Å². The number of likely N-dealkylation sites (tertiary alicyclic amines) is 1. The Bertz CT molecular complexity index is 526. The summed E-state index contributed by atoms with van der Waals surface area (Å²) in [6, 6.07) is -0.00807. The first-order valence-electron chi connectivity index (χ1n) is 8.70. The van der Waals surface area contributed by atoms with E-state index in [1.54, 1.807) is 4.90 Å². The van der Waals surface area contributed by atoms with E-state index < -0.39 is 30.5 Å². The minimum atomic E-state index is -4.58. The molecule has 9 heteroatoms. The van der Waals surface area contributed by atoms with E-state index in [-0.39, 0.29) is 31.1 Å². The van der Waals surface area contributed by atoms with Crippen LogP contribution in [0, 0.1) is 11.8 Å². The molecule has 0 aromatic rings. The Labute approximate surface area is 143 Å². The highest BCUT2D eigenvalue weighted by atomic mass is 19.4. The average molecular weight is 364 g/mol. The number of amides is 1. The number of carboxylic acids is 1. The van der Waals surface area contributed by atoms with Gasteiger partial charge in [0.1, 0.15) is 0 Å². The van der Waals surface area contributed by atoms with Gasteiger partial charge in [-0.1, -0.05) is 12.8 Å². The van der Waals surface area contributed by atoms with Crippen molar-refractivity contribution >= 4 is 11.9 Å². The Balaban J connectivity index is 1.63. The molecule has 3 rings (SSSR count). The lowest BCUT2D eigenvalue weighted by Gasteiger charge is -2.44. The van der Waals surface area contributed by atoms with Gasteiger partial charge in [0.05, 0.1) is 37.1 Å². The van der Waals surface area contributed by atoms with Crippen LogP contribution >= 0.6 is 0 Å². The zero-order valence-corrected chi connectivity index (χ0v) is 13.9. The van der Waals surface area contributed by atoms with Crippen molar-refractivity contribution in [2.45, 2.75) is 44.0 Å². The van der Waals surface area contributed by atoms with Gasteiger partial charge < -0.3 is 14.7 Å². The molecule has 2 aliphatic heterocycles. The minimum Gasteiger partial charge on any atom is -0.481 e. The fraction of sp³-hybridized carbons (Fsp3) is 0.875. The summed E-state index contributed by atoms with van der Waals surface area (Å²) < 4.78 is 44.9. The molecular weight excluding hydrogens is 341 g/mol. The first-order chi connectivity index (χ1) is 11.8. The van der Waals surface area contributed by atoms with Crippen molar-refractivity contribution in [1.82, 2.24) is 9.80 Å². The van der Waals surface area contributed by atoms with E-state index in [1.165, 1.54) is 4.90 Å². The molecule has 2 saturated heterocycles. The highest BCUT2D eigenvalue weighted by molar-refractivity contribution is 5.79. The third kappa shape index (κ3) is 3.92. The average Bonchev–Trinajstić information content (AvgIpc) is 2.98. The molecule has 6 nitrogen and oxygen atoms in total. The van der Waals surface area contributed by atoms with Gasteiger partial charge in [-0.2, -0.15) is 13.2 Å². The predicted octanol–water partition coefficient (Wildman–Crippen LogP) is 1.35. The van der Waals surface area contributed by atoms with Crippen LogP contribution in [0.1, 0.15) is 25.7 Å². The Morgan fingerprint density at radius 1 is 1.16 bits per heavy atom. The second-order valence-electron chi connectivity index (χ2n) is 7.14. The van der Waals surface area contributed by atoms with Crippen LogP contribution < -0.4 is 0 Å². The molecule has 142 valence electrons. The number of hydrogen-bond donors (Lipinski definition) is 1. The summed E-state index contributed by atoms with van der Waals surface area (Å²) in [5, 5.41) is 9.06. The molecular formula is C16H23F3N2O4. The van der Waals surface area contributed by atoms with Gasteiger partial charge in [0.15, 0.2) is 0 Å². The van der Waals surface area contributed by atoms with E-state index in [0.29, 0.717) is 13.2 Å². The largest absolute Gasteiger partial charge is 0.481 e. The summed E-state index contributed by atoms with van der Waals surface area (Å²) in [6.07, 6.45) is -0.749. The summed E-state index contributed by atoms with van der Waals surface area (Å²) in [5.41, 5.74) is 0. The first-order valence-corrected chi connectivity index (χ1v) is 8.70. The zero-order valence-electron chi connectivity index (χ0n) is 13.9. The van der Waals surface area contributed by atoms with Crippen molar-refractivity contribution in [2.24, 2.45) is 11.8 Å². The normalized spacial score (nSPS) is 34.0. The molecule has 1 amide bonds. The third-order valence-corrected chi connectivity index (χ3v) is 5.54. The van der Waals surface area contributed by atoms with Gasteiger partial charge >= 0.3 is 12.1 Å². The van der Waals surface area contributed by atoms with E-state index in [4.69, 9.17) is 9.84 Å². The standard InChI is InChI=1S/C16H23F3N2O4/c17-16(18,19)11-8-20(7-10(11)15(23)24)9-14(22)21-5-6-25-13-4-2-1-3-12(13)21/h10-13H,1-9H2,(H,23,24)/t10-,11-,12?,13?/m1/s1. The molecule has 0 aromatic carbocycles. The number of ether oxygens (including phenoxy) is 1. The van der Waals surface area contributed by atoms with Crippen LogP contribution in [0.5, 0.6) is 0 Å². The monoisotopic (exact) mass is 364 g/mol. The molecule has 0 bridgehead atoms. The number of nitrogens with zero attached hydrogens (tertiary/aromatic N) is 2. The first kappa shape index (κ1) is 18.4. The van der Waals surface area contributed by atoms with E-state index in [9.17, 15) is 22.8 Å². The Morgan fingerprint density at radius 3 is 2.52 bits per heavy atom. The van der Waals surface area contributed by atoms with Gasteiger partial charge in [0.2, 0.25) is 5.91 Å². The smallest absolute Gasteiger partial charge is 0.393 e. The molecule has 0 aromatic heterocycles. The molecule has 4 atom stereocenters. The molecule has 0 radical (unpaired) electrons. The topological polar surface area (TPSA) is 70.1 Å².